The van der Waals surface area contributed by atoms with E-state index in [0.717, 1.165) is 30.6 Å². The van der Waals surface area contributed by atoms with Crippen molar-refractivity contribution in [3.05, 3.63) is 52.1 Å². The first-order chi connectivity index (χ1) is 11.3. The molecule has 0 radical (unpaired) electrons. The number of hydrogen-bond donors (Lipinski definition) is 2. The quantitative estimate of drug-likeness (QED) is 0.746. The van der Waals surface area contributed by atoms with Gasteiger partial charge in [0.05, 0.1) is 7.11 Å². The van der Waals surface area contributed by atoms with Crippen molar-refractivity contribution in [1.29, 1.82) is 0 Å². The fourth-order valence-corrected chi connectivity index (χ4v) is 3.30. The molecule has 0 saturated heterocycles. The molecule has 0 heterocycles. The largest absolute Gasteiger partial charge is 0.508 e. The lowest BCUT2D eigenvalue weighted by Gasteiger charge is -2.18. The summed E-state index contributed by atoms with van der Waals surface area (Å²) in [7, 11) is 1.71. The standard InChI is InChI=1S/C21H28O3/c1-13(10-17-12-18(22)7-9-20(17)23)6-8-19-14(2)11-21(24-5)16(4)15(19)3/h7,9,11-13,22-23H,6,8,10H2,1-5H3. The summed E-state index contributed by atoms with van der Waals surface area (Å²) in [5.41, 5.74) is 5.97. The van der Waals surface area contributed by atoms with Gasteiger partial charge in [0.1, 0.15) is 17.2 Å². The van der Waals surface area contributed by atoms with Gasteiger partial charge < -0.3 is 14.9 Å². The van der Waals surface area contributed by atoms with Crippen LogP contribution in [0.2, 0.25) is 0 Å². The van der Waals surface area contributed by atoms with Gasteiger partial charge in [-0.1, -0.05) is 6.92 Å². The molecule has 0 aliphatic carbocycles. The SMILES string of the molecule is COc1cc(C)c(CCC(C)Cc2cc(O)ccc2O)c(C)c1C. The highest BCUT2D eigenvalue weighted by Gasteiger charge is 2.13. The molecule has 0 amide bonds. The molecule has 130 valence electrons. The summed E-state index contributed by atoms with van der Waals surface area (Å²) in [4.78, 5) is 0. The van der Waals surface area contributed by atoms with Gasteiger partial charge in [-0.2, -0.15) is 0 Å². The van der Waals surface area contributed by atoms with Gasteiger partial charge in [0.25, 0.3) is 0 Å². The number of phenolic OH excluding ortho intramolecular Hbond substituents is 2. The summed E-state index contributed by atoms with van der Waals surface area (Å²) < 4.78 is 5.44. The minimum atomic E-state index is 0.201. The van der Waals surface area contributed by atoms with Gasteiger partial charge in [-0.25, -0.2) is 0 Å². The molecule has 0 aromatic heterocycles. The molecule has 2 N–H and O–H groups in total. The van der Waals surface area contributed by atoms with E-state index in [1.165, 1.54) is 28.3 Å². The lowest BCUT2D eigenvalue weighted by atomic mass is 9.89. The first kappa shape index (κ1) is 18.2. The number of hydrogen-bond acceptors (Lipinski definition) is 3. The Morgan fingerprint density at radius 2 is 1.75 bits per heavy atom. The molecule has 1 atom stereocenters. The molecule has 0 aliphatic heterocycles. The van der Waals surface area contributed by atoms with Crippen LogP contribution in [-0.4, -0.2) is 17.3 Å². The normalized spacial score (nSPS) is 12.2. The number of aromatic hydroxyl groups is 2. The third-order valence-electron chi connectivity index (χ3n) is 4.95. The Morgan fingerprint density at radius 1 is 1.04 bits per heavy atom. The molecule has 1 unspecified atom stereocenters. The van der Waals surface area contributed by atoms with Gasteiger partial charge >= 0.3 is 0 Å². The van der Waals surface area contributed by atoms with Crippen molar-refractivity contribution in [2.24, 2.45) is 5.92 Å². The Morgan fingerprint density at radius 3 is 2.42 bits per heavy atom. The summed E-state index contributed by atoms with van der Waals surface area (Å²) >= 11 is 0. The molecule has 2 aromatic rings. The highest BCUT2D eigenvalue weighted by Crippen LogP contribution is 2.30. The lowest BCUT2D eigenvalue weighted by molar-refractivity contribution is 0.410. The van der Waals surface area contributed by atoms with Gasteiger partial charge in [-0.3, -0.25) is 0 Å². The molecule has 2 rings (SSSR count). The number of rotatable bonds is 6. The second kappa shape index (κ2) is 7.61. The van der Waals surface area contributed by atoms with Crippen LogP contribution in [0.3, 0.4) is 0 Å². The summed E-state index contributed by atoms with van der Waals surface area (Å²) in [6, 6.07) is 6.83. The van der Waals surface area contributed by atoms with Crippen molar-refractivity contribution in [1.82, 2.24) is 0 Å². The Kier molecular flexibility index (Phi) is 5.76. The van der Waals surface area contributed by atoms with Gasteiger partial charge in [0, 0.05) is 0 Å². The Balaban J connectivity index is 2.08. The summed E-state index contributed by atoms with van der Waals surface area (Å²) in [6.45, 7) is 8.58. The second-order valence-electron chi connectivity index (χ2n) is 6.79. The van der Waals surface area contributed by atoms with Gasteiger partial charge in [-0.05, 0) is 98.0 Å². The zero-order valence-electron chi connectivity index (χ0n) is 15.3. The fourth-order valence-electron chi connectivity index (χ4n) is 3.30. The highest BCUT2D eigenvalue weighted by molar-refractivity contribution is 5.48. The summed E-state index contributed by atoms with van der Waals surface area (Å²) in [5.74, 6) is 1.82. The average Bonchev–Trinajstić information content (AvgIpc) is 2.54. The molecular weight excluding hydrogens is 300 g/mol. The van der Waals surface area contributed by atoms with Gasteiger partial charge in [0.2, 0.25) is 0 Å². The maximum absolute atomic E-state index is 9.93. The molecule has 3 heteroatoms. The van der Waals surface area contributed by atoms with E-state index in [1.54, 1.807) is 19.2 Å². The monoisotopic (exact) mass is 328 g/mol. The van der Waals surface area contributed by atoms with Crippen LogP contribution in [0.25, 0.3) is 0 Å². The van der Waals surface area contributed by atoms with Gasteiger partial charge in [0.15, 0.2) is 0 Å². The van der Waals surface area contributed by atoms with E-state index in [0.29, 0.717) is 5.92 Å². The van der Waals surface area contributed by atoms with E-state index in [1.807, 2.05) is 0 Å². The van der Waals surface area contributed by atoms with Crippen molar-refractivity contribution < 1.29 is 14.9 Å². The zero-order valence-corrected chi connectivity index (χ0v) is 15.3. The maximum atomic E-state index is 9.93. The van der Waals surface area contributed by atoms with Crippen LogP contribution in [0, 0.1) is 26.7 Å². The predicted octanol–water partition coefficient (Wildman–Crippen LogP) is 4.84. The second-order valence-corrected chi connectivity index (χ2v) is 6.79. The van der Waals surface area contributed by atoms with Crippen LogP contribution >= 0.6 is 0 Å². The molecule has 3 nitrogen and oxygen atoms in total. The predicted molar refractivity (Wildman–Crippen MR) is 98.2 cm³/mol. The number of aryl methyl sites for hydroxylation is 1. The molecule has 0 aliphatic rings. The summed E-state index contributed by atoms with van der Waals surface area (Å²) in [6.07, 6.45) is 2.79. The molecular formula is C21H28O3. The average molecular weight is 328 g/mol. The third kappa shape index (κ3) is 4.02. The molecule has 0 saturated carbocycles. The van der Waals surface area contributed by atoms with E-state index in [-0.39, 0.29) is 11.5 Å². The first-order valence-electron chi connectivity index (χ1n) is 8.48. The van der Waals surface area contributed by atoms with E-state index >= 15 is 0 Å². The Hall–Kier alpha value is -2.16. The molecule has 0 spiro atoms. The fraction of sp³-hybridized carbons (Fsp3) is 0.429. The van der Waals surface area contributed by atoms with Crippen molar-refractivity contribution in [3.63, 3.8) is 0 Å². The van der Waals surface area contributed by atoms with Gasteiger partial charge in [-0.15, -0.1) is 0 Å². The van der Waals surface area contributed by atoms with Crippen LogP contribution in [0.4, 0.5) is 0 Å². The number of ether oxygens (including phenoxy) is 1. The van der Waals surface area contributed by atoms with Crippen LogP contribution < -0.4 is 4.74 Å². The Labute approximate surface area is 144 Å². The minimum absolute atomic E-state index is 0.201. The van der Waals surface area contributed by atoms with Crippen LogP contribution in [-0.2, 0) is 12.8 Å². The number of methoxy groups -OCH3 is 1. The minimum Gasteiger partial charge on any atom is -0.508 e. The van der Waals surface area contributed by atoms with E-state index < -0.39 is 0 Å². The number of benzene rings is 2. The third-order valence-corrected chi connectivity index (χ3v) is 4.95. The van der Waals surface area contributed by atoms with E-state index in [4.69, 9.17) is 4.74 Å². The lowest BCUT2D eigenvalue weighted by Crippen LogP contribution is -2.05. The van der Waals surface area contributed by atoms with Crippen LogP contribution in [0.1, 0.15) is 41.2 Å². The molecule has 24 heavy (non-hydrogen) atoms. The van der Waals surface area contributed by atoms with E-state index in [9.17, 15) is 10.2 Å². The topological polar surface area (TPSA) is 49.7 Å². The van der Waals surface area contributed by atoms with Crippen molar-refractivity contribution in [2.75, 3.05) is 7.11 Å². The Bertz CT molecular complexity index is 720. The number of phenols is 2. The highest BCUT2D eigenvalue weighted by atomic mass is 16.5. The summed E-state index contributed by atoms with van der Waals surface area (Å²) in [5, 5.41) is 19.5. The van der Waals surface area contributed by atoms with E-state index in [2.05, 4.69) is 33.8 Å². The van der Waals surface area contributed by atoms with Crippen molar-refractivity contribution in [3.8, 4) is 17.2 Å². The van der Waals surface area contributed by atoms with Crippen molar-refractivity contribution >= 4 is 0 Å². The molecule has 2 aromatic carbocycles. The van der Waals surface area contributed by atoms with Crippen LogP contribution in [0.15, 0.2) is 24.3 Å². The smallest absolute Gasteiger partial charge is 0.122 e. The van der Waals surface area contributed by atoms with Crippen molar-refractivity contribution in [2.45, 2.75) is 47.0 Å². The molecule has 0 bridgehead atoms. The molecule has 0 fully saturated rings. The zero-order chi connectivity index (χ0) is 17.9. The first-order valence-corrected chi connectivity index (χ1v) is 8.48. The maximum Gasteiger partial charge on any atom is 0.122 e. The van der Waals surface area contributed by atoms with Crippen LogP contribution in [0.5, 0.6) is 17.2 Å².